The van der Waals surface area contributed by atoms with E-state index in [1.165, 1.54) is 10.8 Å². The normalized spacial score (nSPS) is 15.7. The SMILES string of the molecule is Cc1cn(CC(=O)N2CCCCC2)c(=O)[nH]c1=O. The molecule has 0 bridgehead atoms. The van der Waals surface area contributed by atoms with E-state index in [0.29, 0.717) is 5.56 Å². The number of carbonyl (C=O) groups excluding carboxylic acids is 1. The van der Waals surface area contributed by atoms with Crippen LogP contribution in [0, 0.1) is 6.92 Å². The van der Waals surface area contributed by atoms with E-state index in [4.69, 9.17) is 0 Å². The zero-order chi connectivity index (χ0) is 13.1. The molecular formula is C12H17N3O3. The quantitative estimate of drug-likeness (QED) is 0.794. The zero-order valence-corrected chi connectivity index (χ0v) is 10.4. The number of amides is 1. The van der Waals surface area contributed by atoms with E-state index in [-0.39, 0.29) is 12.5 Å². The minimum Gasteiger partial charge on any atom is -0.341 e. The molecule has 1 aromatic heterocycles. The third kappa shape index (κ3) is 2.69. The summed E-state index contributed by atoms with van der Waals surface area (Å²) in [5, 5.41) is 0. The van der Waals surface area contributed by atoms with Gasteiger partial charge < -0.3 is 4.90 Å². The highest BCUT2D eigenvalue weighted by atomic mass is 16.2. The summed E-state index contributed by atoms with van der Waals surface area (Å²) < 4.78 is 1.26. The summed E-state index contributed by atoms with van der Waals surface area (Å²) in [5.74, 6) is -0.0664. The van der Waals surface area contributed by atoms with Gasteiger partial charge in [-0.05, 0) is 26.2 Å². The van der Waals surface area contributed by atoms with Gasteiger partial charge in [0.15, 0.2) is 0 Å². The average Bonchev–Trinajstić information content (AvgIpc) is 2.37. The Morgan fingerprint density at radius 3 is 2.61 bits per heavy atom. The molecule has 1 aliphatic rings. The van der Waals surface area contributed by atoms with Crippen LogP contribution in [0.3, 0.4) is 0 Å². The van der Waals surface area contributed by atoms with Crippen molar-refractivity contribution in [2.75, 3.05) is 13.1 Å². The minimum absolute atomic E-state index is 0.00352. The molecule has 0 aromatic carbocycles. The Balaban J connectivity index is 2.13. The third-order valence-electron chi connectivity index (χ3n) is 3.20. The first-order chi connectivity index (χ1) is 8.58. The molecule has 0 unspecified atom stereocenters. The van der Waals surface area contributed by atoms with Crippen LogP contribution in [-0.2, 0) is 11.3 Å². The van der Waals surface area contributed by atoms with Crippen molar-refractivity contribution in [3.8, 4) is 0 Å². The molecule has 1 aliphatic heterocycles. The Kier molecular flexibility index (Phi) is 3.64. The molecule has 1 saturated heterocycles. The Labute approximate surface area is 104 Å². The van der Waals surface area contributed by atoms with Gasteiger partial charge in [-0.3, -0.25) is 19.1 Å². The molecule has 0 aliphatic carbocycles. The lowest BCUT2D eigenvalue weighted by molar-refractivity contribution is -0.132. The third-order valence-corrected chi connectivity index (χ3v) is 3.20. The predicted molar refractivity (Wildman–Crippen MR) is 66.5 cm³/mol. The summed E-state index contributed by atoms with van der Waals surface area (Å²) in [7, 11) is 0. The van der Waals surface area contributed by atoms with Gasteiger partial charge in [-0.15, -0.1) is 0 Å². The van der Waals surface area contributed by atoms with Gasteiger partial charge in [0.2, 0.25) is 5.91 Å². The number of aromatic nitrogens is 2. The largest absolute Gasteiger partial charge is 0.341 e. The highest BCUT2D eigenvalue weighted by Crippen LogP contribution is 2.08. The van der Waals surface area contributed by atoms with Crippen LogP contribution in [-0.4, -0.2) is 33.4 Å². The molecule has 0 radical (unpaired) electrons. The Hall–Kier alpha value is -1.85. The Morgan fingerprint density at radius 1 is 1.28 bits per heavy atom. The maximum atomic E-state index is 12.0. The number of carbonyl (C=O) groups is 1. The summed E-state index contributed by atoms with van der Waals surface area (Å²) in [6.45, 7) is 3.13. The van der Waals surface area contributed by atoms with Crippen molar-refractivity contribution in [1.29, 1.82) is 0 Å². The molecule has 18 heavy (non-hydrogen) atoms. The van der Waals surface area contributed by atoms with Gasteiger partial charge >= 0.3 is 5.69 Å². The zero-order valence-electron chi connectivity index (χ0n) is 10.4. The van der Waals surface area contributed by atoms with Crippen LogP contribution in [0.4, 0.5) is 0 Å². The Bertz CT molecular complexity index is 552. The number of nitrogens with one attached hydrogen (secondary N) is 1. The summed E-state index contributed by atoms with van der Waals surface area (Å²) in [6, 6.07) is 0. The van der Waals surface area contributed by atoms with E-state index in [9.17, 15) is 14.4 Å². The molecule has 0 atom stereocenters. The summed E-state index contributed by atoms with van der Waals surface area (Å²) in [4.78, 5) is 38.7. The molecule has 1 aromatic rings. The molecule has 1 fully saturated rings. The highest BCUT2D eigenvalue weighted by molar-refractivity contribution is 5.76. The van der Waals surface area contributed by atoms with E-state index in [2.05, 4.69) is 4.98 Å². The van der Waals surface area contributed by atoms with Crippen LogP contribution in [0.15, 0.2) is 15.8 Å². The van der Waals surface area contributed by atoms with Gasteiger partial charge in [0.05, 0.1) is 0 Å². The molecular weight excluding hydrogens is 234 g/mol. The molecule has 6 nitrogen and oxygen atoms in total. The van der Waals surface area contributed by atoms with Gasteiger partial charge in [0.1, 0.15) is 6.54 Å². The minimum atomic E-state index is -0.532. The molecule has 0 spiro atoms. The monoisotopic (exact) mass is 251 g/mol. The van der Waals surface area contributed by atoms with Crippen molar-refractivity contribution in [3.05, 3.63) is 32.6 Å². The number of aryl methyl sites for hydroxylation is 1. The van der Waals surface area contributed by atoms with Gasteiger partial charge in [-0.25, -0.2) is 4.79 Å². The lowest BCUT2D eigenvalue weighted by Crippen LogP contribution is -2.41. The van der Waals surface area contributed by atoms with Crippen molar-refractivity contribution in [2.45, 2.75) is 32.7 Å². The van der Waals surface area contributed by atoms with Crippen LogP contribution < -0.4 is 11.2 Å². The smallest absolute Gasteiger partial charge is 0.328 e. The van der Waals surface area contributed by atoms with E-state index < -0.39 is 11.2 Å². The van der Waals surface area contributed by atoms with Gasteiger partial charge in [0.25, 0.3) is 5.56 Å². The van der Waals surface area contributed by atoms with Crippen LogP contribution in [0.1, 0.15) is 24.8 Å². The van der Waals surface area contributed by atoms with Crippen molar-refractivity contribution in [3.63, 3.8) is 0 Å². The van der Waals surface area contributed by atoms with Crippen molar-refractivity contribution >= 4 is 5.91 Å². The van der Waals surface area contributed by atoms with Crippen molar-refractivity contribution in [1.82, 2.24) is 14.5 Å². The summed E-state index contributed by atoms with van der Waals surface area (Å²) >= 11 is 0. The fraction of sp³-hybridized carbons (Fsp3) is 0.583. The lowest BCUT2D eigenvalue weighted by atomic mass is 10.1. The van der Waals surface area contributed by atoms with Gasteiger partial charge in [0, 0.05) is 24.8 Å². The first-order valence-corrected chi connectivity index (χ1v) is 6.16. The van der Waals surface area contributed by atoms with E-state index in [0.717, 1.165) is 32.4 Å². The number of hydrogen-bond acceptors (Lipinski definition) is 3. The molecule has 1 amide bonds. The number of nitrogens with zero attached hydrogens (tertiary/aromatic N) is 2. The van der Waals surface area contributed by atoms with Crippen molar-refractivity contribution in [2.24, 2.45) is 0 Å². The number of rotatable bonds is 2. The highest BCUT2D eigenvalue weighted by Gasteiger charge is 2.17. The molecule has 0 saturated carbocycles. The van der Waals surface area contributed by atoms with E-state index >= 15 is 0 Å². The summed E-state index contributed by atoms with van der Waals surface area (Å²) in [6.07, 6.45) is 4.63. The first-order valence-electron chi connectivity index (χ1n) is 6.16. The standard InChI is InChI=1S/C12H17N3O3/c1-9-7-15(12(18)13-11(9)17)8-10(16)14-5-3-2-4-6-14/h7H,2-6,8H2,1H3,(H,13,17,18). The topological polar surface area (TPSA) is 75.2 Å². The molecule has 6 heteroatoms. The second-order valence-electron chi connectivity index (χ2n) is 4.64. The number of hydrogen-bond donors (Lipinski definition) is 1. The maximum absolute atomic E-state index is 12.0. The molecule has 2 rings (SSSR count). The molecule has 1 N–H and O–H groups in total. The number of aromatic amines is 1. The number of H-pyrrole nitrogens is 1. The predicted octanol–water partition coefficient (Wildman–Crippen LogP) is -0.142. The van der Waals surface area contributed by atoms with Gasteiger partial charge in [-0.1, -0.05) is 0 Å². The maximum Gasteiger partial charge on any atom is 0.328 e. The Morgan fingerprint density at radius 2 is 1.94 bits per heavy atom. The average molecular weight is 251 g/mol. The van der Waals surface area contributed by atoms with Crippen LogP contribution >= 0.6 is 0 Å². The van der Waals surface area contributed by atoms with Crippen LogP contribution in [0.25, 0.3) is 0 Å². The second-order valence-corrected chi connectivity index (χ2v) is 4.64. The first kappa shape index (κ1) is 12.6. The lowest BCUT2D eigenvalue weighted by Gasteiger charge is -2.26. The fourth-order valence-corrected chi connectivity index (χ4v) is 2.12. The van der Waals surface area contributed by atoms with E-state index in [1.807, 2.05) is 0 Å². The van der Waals surface area contributed by atoms with E-state index in [1.54, 1.807) is 11.8 Å². The number of piperidine rings is 1. The van der Waals surface area contributed by atoms with Crippen molar-refractivity contribution < 1.29 is 4.79 Å². The second kappa shape index (κ2) is 5.20. The van der Waals surface area contributed by atoms with Crippen LogP contribution in [0.5, 0.6) is 0 Å². The fourth-order valence-electron chi connectivity index (χ4n) is 2.12. The molecule has 98 valence electrons. The summed E-state index contributed by atoms with van der Waals surface area (Å²) in [5.41, 5.74) is -0.501. The van der Waals surface area contributed by atoms with Crippen LogP contribution in [0.2, 0.25) is 0 Å². The van der Waals surface area contributed by atoms with Gasteiger partial charge in [-0.2, -0.15) is 0 Å². The number of likely N-dealkylation sites (tertiary alicyclic amines) is 1. The molecule has 2 heterocycles.